The van der Waals surface area contributed by atoms with E-state index in [0.29, 0.717) is 5.56 Å². The average Bonchev–Trinajstić information content (AvgIpc) is 3.10. The van der Waals surface area contributed by atoms with Crippen molar-refractivity contribution >= 4 is 16.0 Å². The highest BCUT2D eigenvalue weighted by atomic mass is 32.2. The van der Waals surface area contributed by atoms with Gasteiger partial charge in [-0.3, -0.25) is 0 Å². The Kier molecular flexibility index (Phi) is 5.19. The van der Waals surface area contributed by atoms with E-state index in [9.17, 15) is 13.2 Å². The van der Waals surface area contributed by atoms with Crippen molar-refractivity contribution < 1.29 is 17.9 Å². The molecule has 0 fully saturated rings. The van der Waals surface area contributed by atoms with Gasteiger partial charge < -0.3 is 4.74 Å². The molecular weight excluding hydrogens is 362 g/mol. The number of ether oxygens (including phenoxy) is 1. The molecule has 0 bridgehead atoms. The van der Waals surface area contributed by atoms with E-state index in [-0.39, 0.29) is 17.2 Å². The summed E-state index contributed by atoms with van der Waals surface area (Å²) >= 11 is 0. The van der Waals surface area contributed by atoms with Crippen LogP contribution < -0.4 is 0 Å². The Morgan fingerprint density at radius 2 is 1.70 bits per heavy atom. The van der Waals surface area contributed by atoms with Crippen molar-refractivity contribution in [3.8, 4) is 11.1 Å². The molecule has 3 rings (SSSR count). The van der Waals surface area contributed by atoms with Gasteiger partial charge in [0.1, 0.15) is 5.69 Å². The third-order valence-electron chi connectivity index (χ3n) is 4.30. The Morgan fingerprint density at radius 3 is 2.37 bits per heavy atom. The number of hydrogen-bond acceptors (Lipinski definition) is 4. The van der Waals surface area contributed by atoms with Gasteiger partial charge >= 0.3 is 5.97 Å². The maximum atomic E-state index is 13.1. The molecule has 0 N–H and O–H groups in total. The highest BCUT2D eigenvalue weighted by Crippen LogP contribution is 2.31. The molecule has 1 heterocycles. The van der Waals surface area contributed by atoms with Gasteiger partial charge in [-0.2, -0.15) is 0 Å². The van der Waals surface area contributed by atoms with Crippen LogP contribution in [-0.2, 0) is 14.8 Å². The summed E-state index contributed by atoms with van der Waals surface area (Å²) in [5, 5.41) is 0. The van der Waals surface area contributed by atoms with Gasteiger partial charge in [0.2, 0.25) is 0 Å². The van der Waals surface area contributed by atoms with Gasteiger partial charge in [-0.25, -0.2) is 17.2 Å². The Morgan fingerprint density at radius 1 is 1.00 bits per heavy atom. The van der Waals surface area contributed by atoms with E-state index >= 15 is 0 Å². The van der Waals surface area contributed by atoms with Crippen LogP contribution in [0.5, 0.6) is 0 Å². The molecule has 0 aliphatic carbocycles. The van der Waals surface area contributed by atoms with Crippen LogP contribution in [0.2, 0.25) is 0 Å². The lowest BCUT2D eigenvalue weighted by Crippen LogP contribution is -2.20. The van der Waals surface area contributed by atoms with E-state index in [1.165, 1.54) is 18.3 Å². The van der Waals surface area contributed by atoms with E-state index in [1.807, 2.05) is 32.0 Å². The number of carbonyl (C=O) groups is 1. The number of hydrogen-bond donors (Lipinski definition) is 0. The van der Waals surface area contributed by atoms with Crippen LogP contribution in [0.1, 0.15) is 28.5 Å². The molecule has 0 aliphatic heterocycles. The van der Waals surface area contributed by atoms with E-state index in [1.54, 1.807) is 31.2 Å². The van der Waals surface area contributed by atoms with Crippen LogP contribution in [0.3, 0.4) is 0 Å². The predicted octanol–water partition coefficient (Wildman–Crippen LogP) is 4.19. The van der Waals surface area contributed by atoms with Crippen LogP contribution in [0, 0.1) is 13.8 Å². The second kappa shape index (κ2) is 7.40. The number of esters is 1. The maximum Gasteiger partial charge on any atom is 0.356 e. The largest absolute Gasteiger partial charge is 0.461 e. The number of aryl methyl sites for hydroxylation is 2. The van der Waals surface area contributed by atoms with Crippen LogP contribution >= 0.6 is 0 Å². The van der Waals surface area contributed by atoms with Gasteiger partial charge in [0.15, 0.2) is 0 Å². The molecule has 140 valence electrons. The molecule has 0 unspecified atom stereocenters. The smallest absolute Gasteiger partial charge is 0.356 e. The summed E-state index contributed by atoms with van der Waals surface area (Å²) in [6.07, 6.45) is 1.41. The lowest BCUT2D eigenvalue weighted by Gasteiger charge is -2.13. The summed E-state index contributed by atoms with van der Waals surface area (Å²) < 4.78 is 32.4. The third-order valence-corrected chi connectivity index (χ3v) is 5.99. The third kappa shape index (κ3) is 3.53. The molecule has 0 atom stereocenters. The molecule has 0 radical (unpaired) electrons. The second-order valence-electron chi connectivity index (χ2n) is 6.23. The SMILES string of the molecule is CCOC(=O)c1c(-c2cc(C)ccc2C)ccn1S(=O)(=O)c1ccccc1. The molecule has 1 aromatic heterocycles. The fourth-order valence-electron chi connectivity index (χ4n) is 2.96. The monoisotopic (exact) mass is 383 g/mol. The molecule has 2 aromatic carbocycles. The topological polar surface area (TPSA) is 65.4 Å². The standard InChI is InChI=1S/C21H21NO4S/c1-4-26-21(23)20-18(19-14-15(2)10-11-16(19)3)12-13-22(20)27(24,25)17-8-6-5-7-9-17/h5-14H,4H2,1-3H3. The lowest BCUT2D eigenvalue weighted by atomic mass is 9.98. The van der Waals surface area contributed by atoms with Crippen molar-refractivity contribution in [1.29, 1.82) is 0 Å². The molecule has 0 saturated heterocycles. The Balaban J connectivity index is 2.27. The van der Waals surface area contributed by atoms with Crippen molar-refractivity contribution in [3.63, 3.8) is 0 Å². The maximum absolute atomic E-state index is 13.1. The number of benzene rings is 2. The van der Waals surface area contributed by atoms with Crippen LogP contribution in [0.15, 0.2) is 65.7 Å². The van der Waals surface area contributed by atoms with E-state index in [0.717, 1.165) is 20.7 Å². The van der Waals surface area contributed by atoms with Gasteiger partial charge in [0.05, 0.1) is 11.5 Å². The Hall–Kier alpha value is -2.86. The van der Waals surface area contributed by atoms with E-state index in [2.05, 4.69) is 0 Å². The van der Waals surface area contributed by atoms with Crippen LogP contribution in [-0.4, -0.2) is 25.0 Å². The second-order valence-corrected chi connectivity index (χ2v) is 8.05. The van der Waals surface area contributed by atoms with Gasteiger partial charge in [0, 0.05) is 11.8 Å². The zero-order valence-electron chi connectivity index (χ0n) is 15.5. The minimum atomic E-state index is -3.93. The average molecular weight is 383 g/mol. The van der Waals surface area contributed by atoms with Crippen molar-refractivity contribution in [3.05, 3.63) is 77.6 Å². The van der Waals surface area contributed by atoms with Crippen molar-refractivity contribution in [1.82, 2.24) is 3.97 Å². The number of aromatic nitrogens is 1. The summed E-state index contributed by atoms with van der Waals surface area (Å²) in [7, 11) is -3.93. The quantitative estimate of drug-likeness (QED) is 0.620. The normalized spacial score (nSPS) is 11.4. The Labute approximate surface area is 159 Å². The zero-order chi connectivity index (χ0) is 19.6. The first-order valence-electron chi connectivity index (χ1n) is 8.63. The summed E-state index contributed by atoms with van der Waals surface area (Å²) in [6, 6.07) is 15.5. The van der Waals surface area contributed by atoms with Gasteiger partial charge in [-0.05, 0) is 50.1 Å². The minimum Gasteiger partial charge on any atom is -0.461 e. The molecule has 6 heteroatoms. The summed E-state index contributed by atoms with van der Waals surface area (Å²) in [5.74, 6) is -0.669. The zero-order valence-corrected chi connectivity index (χ0v) is 16.3. The Bertz CT molecular complexity index is 1080. The van der Waals surface area contributed by atoms with Crippen molar-refractivity contribution in [2.45, 2.75) is 25.7 Å². The number of carbonyl (C=O) groups excluding carboxylic acids is 1. The molecule has 27 heavy (non-hydrogen) atoms. The first-order chi connectivity index (χ1) is 12.9. The predicted molar refractivity (Wildman–Crippen MR) is 104 cm³/mol. The molecule has 5 nitrogen and oxygen atoms in total. The number of nitrogens with zero attached hydrogens (tertiary/aromatic N) is 1. The molecule has 0 aliphatic rings. The fourth-order valence-corrected chi connectivity index (χ4v) is 4.33. The van der Waals surface area contributed by atoms with E-state index < -0.39 is 16.0 Å². The van der Waals surface area contributed by atoms with Gasteiger partial charge in [0.25, 0.3) is 10.0 Å². The molecule has 0 saturated carbocycles. The molecule has 0 spiro atoms. The summed E-state index contributed by atoms with van der Waals surface area (Å²) in [4.78, 5) is 12.8. The van der Waals surface area contributed by atoms with Gasteiger partial charge in [-0.1, -0.05) is 42.0 Å². The van der Waals surface area contributed by atoms with Crippen LogP contribution in [0.4, 0.5) is 0 Å². The lowest BCUT2D eigenvalue weighted by molar-refractivity contribution is 0.0519. The molecule has 0 amide bonds. The van der Waals surface area contributed by atoms with Gasteiger partial charge in [-0.15, -0.1) is 0 Å². The van der Waals surface area contributed by atoms with Crippen LogP contribution in [0.25, 0.3) is 11.1 Å². The minimum absolute atomic E-state index is 0.00871. The highest BCUT2D eigenvalue weighted by molar-refractivity contribution is 7.90. The summed E-state index contributed by atoms with van der Waals surface area (Å²) in [6.45, 7) is 5.72. The first-order valence-corrected chi connectivity index (χ1v) is 10.1. The number of rotatable bonds is 5. The fraction of sp³-hybridized carbons (Fsp3) is 0.190. The molecule has 3 aromatic rings. The van der Waals surface area contributed by atoms with Crippen molar-refractivity contribution in [2.75, 3.05) is 6.61 Å². The highest BCUT2D eigenvalue weighted by Gasteiger charge is 2.28. The molecular formula is C21H21NO4S. The van der Waals surface area contributed by atoms with Crippen molar-refractivity contribution in [2.24, 2.45) is 0 Å². The summed E-state index contributed by atoms with van der Waals surface area (Å²) in [5.41, 5.74) is 3.31. The van der Waals surface area contributed by atoms with E-state index in [4.69, 9.17) is 4.74 Å². The first kappa shape index (κ1) is 18.9.